The average Bonchev–Trinajstić information content (AvgIpc) is 2.44. The number of benzene rings is 2. The first kappa shape index (κ1) is 15.1. The Labute approximate surface area is 128 Å². The minimum Gasteiger partial charge on any atom is -0.504 e. The highest BCUT2D eigenvalue weighted by Gasteiger charge is 2.13. The van der Waals surface area contributed by atoms with Crippen molar-refractivity contribution in [3.63, 3.8) is 0 Å². The zero-order valence-corrected chi connectivity index (χ0v) is 12.3. The lowest BCUT2D eigenvalue weighted by Gasteiger charge is -2.05. The number of rotatable bonds is 1. The molecule has 0 aliphatic carbocycles. The average molecular weight is 353 g/mol. The summed E-state index contributed by atoms with van der Waals surface area (Å²) in [6.45, 7) is 0. The van der Waals surface area contributed by atoms with Crippen molar-refractivity contribution in [1.29, 1.82) is 0 Å². The molecule has 2 aromatic carbocycles. The van der Waals surface area contributed by atoms with Crippen molar-refractivity contribution in [2.45, 2.75) is 0 Å². The summed E-state index contributed by atoms with van der Waals surface area (Å²) in [6.07, 6.45) is 0. The second-order valence-corrected chi connectivity index (χ2v) is 4.29. The lowest BCUT2D eigenvalue weighted by atomic mass is 10.1. The topological polar surface area (TPSA) is 70.7 Å². The maximum Gasteiger partial charge on any atom is 0.201 e. The van der Waals surface area contributed by atoms with E-state index in [1.165, 1.54) is 42.5 Å². The first-order valence-electron chi connectivity index (χ1n) is 5.81. The second kappa shape index (κ2) is 5.57. The van der Waals surface area contributed by atoms with Crippen LogP contribution in [0.15, 0.2) is 51.7 Å². The predicted octanol–water partition coefficient (Wildman–Crippen LogP) is 3.59. The van der Waals surface area contributed by atoms with E-state index in [4.69, 9.17) is 4.42 Å². The van der Waals surface area contributed by atoms with Gasteiger partial charge in [0.1, 0.15) is 11.6 Å². The van der Waals surface area contributed by atoms with Crippen LogP contribution in [-0.2, 0) is 0 Å². The van der Waals surface area contributed by atoms with Gasteiger partial charge in [-0.25, -0.2) is 4.39 Å². The van der Waals surface area contributed by atoms with Crippen molar-refractivity contribution < 1.29 is 19.0 Å². The molecule has 0 unspecified atom stereocenters. The molecule has 6 heteroatoms. The molecule has 3 aromatic rings. The number of phenols is 2. The van der Waals surface area contributed by atoms with Crippen LogP contribution in [0.3, 0.4) is 0 Å². The second-order valence-electron chi connectivity index (χ2n) is 4.29. The van der Waals surface area contributed by atoms with Gasteiger partial charge >= 0.3 is 0 Å². The molecule has 0 aliphatic heterocycles. The molecule has 1 aromatic heterocycles. The molecular formula is C15H10BrFO4. The Morgan fingerprint density at radius 3 is 2.33 bits per heavy atom. The fourth-order valence-electron chi connectivity index (χ4n) is 1.95. The third-order valence-corrected chi connectivity index (χ3v) is 2.98. The monoisotopic (exact) mass is 352 g/mol. The lowest BCUT2D eigenvalue weighted by Crippen LogP contribution is -2.00. The number of hydrogen-bond donors (Lipinski definition) is 2. The number of fused-ring (bicyclic) bond motifs is 1. The minimum absolute atomic E-state index is 0. The predicted molar refractivity (Wildman–Crippen MR) is 81.5 cm³/mol. The van der Waals surface area contributed by atoms with E-state index >= 15 is 0 Å². The van der Waals surface area contributed by atoms with E-state index in [0.717, 1.165) is 0 Å². The van der Waals surface area contributed by atoms with Crippen molar-refractivity contribution in [3.05, 3.63) is 58.5 Å². The Morgan fingerprint density at radius 1 is 1.00 bits per heavy atom. The fourth-order valence-corrected chi connectivity index (χ4v) is 1.95. The summed E-state index contributed by atoms with van der Waals surface area (Å²) >= 11 is 0. The van der Waals surface area contributed by atoms with E-state index in [-0.39, 0.29) is 44.9 Å². The number of hydrogen-bond acceptors (Lipinski definition) is 4. The molecule has 1 heterocycles. The fraction of sp³-hybridized carbons (Fsp3) is 0. The van der Waals surface area contributed by atoms with Crippen LogP contribution < -0.4 is 5.43 Å². The first-order chi connectivity index (χ1) is 9.56. The molecule has 0 bridgehead atoms. The van der Waals surface area contributed by atoms with E-state index in [9.17, 15) is 19.4 Å². The zero-order chi connectivity index (χ0) is 14.3. The number of halogens is 2. The Hall–Kier alpha value is -2.34. The molecule has 3 rings (SSSR count). The molecule has 108 valence electrons. The standard InChI is InChI=1S/C15H9FO4.BrH/c16-9-3-1-8(2-4-9)13-7-12(18)10-5-6-11(17)14(19)15(10)20-13;/h1-7,17,19H;1H. The van der Waals surface area contributed by atoms with Gasteiger partial charge in [0.2, 0.25) is 5.75 Å². The van der Waals surface area contributed by atoms with Crippen LogP contribution in [0.1, 0.15) is 0 Å². The number of phenolic OH excluding ortho intramolecular Hbond substituents is 2. The van der Waals surface area contributed by atoms with Gasteiger partial charge in [-0.15, -0.1) is 17.0 Å². The SMILES string of the molecule is Br.O=c1cc(-c2ccc(F)cc2)oc2c(O)c(O)ccc12. The van der Waals surface area contributed by atoms with Crippen LogP contribution >= 0.6 is 17.0 Å². The third kappa shape index (κ3) is 2.62. The number of aromatic hydroxyl groups is 2. The van der Waals surface area contributed by atoms with Gasteiger partial charge in [-0.05, 0) is 36.4 Å². The van der Waals surface area contributed by atoms with Gasteiger partial charge in [-0.3, -0.25) is 4.79 Å². The molecule has 0 saturated heterocycles. The molecule has 4 nitrogen and oxygen atoms in total. The van der Waals surface area contributed by atoms with Crippen molar-refractivity contribution in [3.8, 4) is 22.8 Å². The molecule has 0 spiro atoms. The normalized spacial score (nSPS) is 10.3. The van der Waals surface area contributed by atoms with Gasteiger partial charge in [0.05, 0.1) is 5.39 Å². The Kier molecular flexibility index (Phi) is 3.99. The summed E-state index contributed by atoms with van der Waals surface area (Å²) in [5.41, 5.74) is 0.0332. The van der Waals surface area contributed by atoms with Crippen molar-refractivity contribution in [2.24, 2.45) is 0 Å². The Bertz CT molecular complexity index is 856. The quantitative estimate of drug-likeness (QED) is 0.656. The summed E-state index contributed by atoms with van der Waals surface area (Å²) in [5, 5.41) is 19.4. The molecular weight excluding hydrogens is 343 g/mol. The summed E-state index contributed by atoms with van der Waals surface area (Å²) in [5.74, 6) is -1.10. The van der Waals surface area contributed by atoms with Crippen LogP contribution in [0.5, 0.6) is 11.5 Å². The summed E-state index contributed by atoms with van der Waals surface area (Å²) in [7, 11) is 0. The van der Waals surface area contributed by atoms with E-state index in [1.54, 1.807) is 0 Å². The molecule has 0 aliphatic rings. The highest BCUT2D eigenvalue weighted by molar-refractivity contribution is 8.93. The minimum atomic E-state index is -0.497. The first-order valence-corrected chi connectivity index (χ1v) is 5.81. The van der Waals surface area contributed by atoms with Gasteiger partial charge in [0.15, 0.2) is 16.8 Å². The largest absolute Gasteiger partial charge is 0.504 e. The maximum absolute atomic E-state index is 12.9. The summed E-state index contributed by atoms with van der Waals surface area (Å²) in [4.78, 5) is 12.0. The highest BCUT2D eigenvalue weighted by Crippen LogP contribution is 2.34. The summed E-state index contributed by atoms with van der Waals surface area (Å²) < 4.78 is 18.3. The van der Waals surface area contributed by atoms with Crippen LogP contribution in [0, 0.1) is 5.82 Å². The summed E-state index contributed by atoms with van der Waals surface area (Å²) in [6, 6.07) is 9.23. The van der Waals surface area contributed by atoms with Gasteiger partial charge in [0.25, 0.3) is 0 Å². The van der Waals surface area contributed by atoms with Crippen molar-refractivity contribution in [1.82, 2.24) is 0 Å². The van der Waals surface area contributed by atoms with Gasteiger partial charge in [0, 0.05) is 11.6 Å². The highest BCUT2D eigenvalue weighted by atomic mass is 79.9. The molecule has 0 radical (unpaired) electrons. The molecule has 0 amide bonds. The van der Waals surface area contributed by atoms with Crippen LogP contribution in [0.2, 0.25) is 0 Å². The van der Waals surface area contributed by atoms with Gasteiger partial charge in [-0.1, -0.05) is 0 Å². The van der Waals surface area contributed by atoms with E-state index in [2.05, 4.69) is 0 Å². The molecule has 0 fully saturated rings. The molecule has 0 saturated carbocycles. The van der Waals surface area contributed by atoms with Crippen LogP contribution in [0.4, 0.5) is 4.39 Å². The Balaban J connectivity index is 0.00000161. The van der Waals surface area contributed by atoms with E-state index < -0.39 is 11.6 Å². The van der Waals surface area contributed by atoms with E-state index in [1.807, 2.05) is 0 Å². The Morgan fingerprint density at radius 2 is 1.67 bits per heavy atom. The van der Waals surface area contributed by atoms with Crippen LogP contribution in [0.25, 0.3) is 22.3 Å². The van der Waals surface area contributed by atoms with Crippen LogP contribution in [-0.4, -0.2) is 10.2 Å². The molecule has 21 heavy (non-hydrogen) atoms. The maximum atomic E-state index is 12.9. The van der Waals surface area contributed by atoms with E-state index in [0.29, 0.717) is 5.56 Å². The zero-order valence-electron chi connectivity index (χ0n) is 10.5. The van der Waals surface area contributed by atoms with Gasteiger partial charge in [-0.2, -0.15) is 0 Å². The van der Waals surface area contributed by atoms with Crippen molar-refractivity contribution in [2.75, 3.05) is 0 Å². The third-order valence-electron chi connectivity index (χ3n) is 2.98. The molecule has 0 atom stereocenters. The van der Waals surface area contributed by atoms with Gasteiger partial charge < -0.3 is 14.6 Å². The molecule has 2 N–H and O–H groups in total. The smallest absolute Gasteiger partial charge is 0.201 e. The lowest BCUT2D eigenvalue weighted by molar-refractivity contribution is 0.400. The van der Waals surface area contributed by atoms with Crippen molar-refractivity contribution >= 4 is 28.0 Å².